The van der Waals surface area contributed by atoms with Gasteiger partial charge in [0.1, 0.15) is 11.5 Å². The number of ether oxygens (including phenoxy) is 2. The molecular weight excluding hydrogens is 428 g/mol. The number of hydrogen-bond acceptors (Lipinski definition) is 5. The van der Waals surface area contributed by atoms with Crippen LogP contribution in [0.15, 0.2) is 71.6 Å². The van der Waals surface area contributed by atoms with E-state index in [0.29, 0.717) is 17.2 Å². The van der Waals surface area contributed by atoms with Crippen LogP contribution in [0.4, 0.5) is 11.4 Å². The summed E-state index contributed by atoms with van der Waals surface area (Å²) in [6.07, 6.45) is 0. The summed E-state index contributed by atoms with van der Waals surface area (Å²) >= 11 is 6.22. The molecule has 2 N–H and O–H groups in total. The number of amides is 1. The summed E-state index contributed by atoms with van der Waals surface area (Å²) in [6.45, 7) is 0. The highest BCUT2D eigenvalue weighted by Crippen LogP contribution is 2.25. The van der Waals surface area contributed by atoms with E-state index < -0.39 is 15.9 Å². The third-order valence-corrected chi connectivity index (χ3v) is 5.89. The molecule has 0 aliphatic heterocycles. The molecule has 1 amide bonds. The van der Waals surface area contributed by atoms with Gasteiger partial charge in [-0.25, -0.2) is 8.42 Å². The van der Waals surface area contributed by atoms with Crippen LogP contribution in [0.2, 0.25) is 5.02 Å². The molecule has 30 heavy (non-hydrogen) atoms. The zero-order valence-electron chi connectivity index (χ0n) is 16.2. The van der Waals surface area contributed by atoms with E-state index in [1.807, 2.05) is 0 Å². The molecule has 0 atom stereocenters. The van der Waals surface area contributed by atoms with E-state index in [4.69, 9.17) is 21.1 Å². The average molecular weight is 447 g/mol. The van der Waals surface area contributed by atoms with Crippen LogP contribution in [-0.2, 0) is 10.0 Å². The molecular formula is C21H19ClN2O5S. The van der Waals surface area contributed by atoms with Crippen molar-refractivity contribution in [3.63, 3.8) is 0 Å². The molecule has 0 saturated carbocycles. The van der Waals surface area contributed by atoms with Gasteiger partial charge in [0.2, 0.25) is 0 Å². The monoisotopic (exact) mass is 446 g/mol. The van der Waals surface area contributed by atoms with E-state index in [1.54, 1.807) is 43.5 Å². The number of carbonyl (C=O) groups excluding carboxylic acids is 1. The van der Waals surface area contributed by atoms with Crippen LogP contribution in [0.1, 0.15) is 10.4 Å². The molecule has 0 spiro atoms. The van der Waals surface area contributed by atoms with Crippen molar-refractivity contribution >= 4 is 38.9 Å². The van der Waals surface area contributed by atoms with Gasteiger partial charge in [-0.15, -0.1) is 0 Å². The first-order valence-electron chi connectivity index (χ1n) is 8.74. The molecule has 0 aliphatic rings. The van der Waals surface area contributed by atoms with Crippen molar-refractivity contribution in [3.8, 4) is 11.5 Å². The number of nitrogens with one attached hydrogen (secondary N) is 2. The van der Waals surface area contributed by atoms with Crippen LogP contribution >= 0.6 is 11.6 Å². The van der Waals surface area contributed by atoms with Crippen LogP contribution in [0, 0.1) is 0 Å². The smallest absolute Gasteiger partial charge is 0.261 e. The van der Waals surface area contributed by atoms with Crippen LogP contribution in [0.5, 0.6) is 11.5 Å². The van der Waals surface area contributed by atoms with E-state index in [-0.39, 0.29) is 21.2 Å². The zero-order chi connectivity index (χ0) is 21.7. The van der Waals surface area contributed by atoms with E-state index in [2.05, 4.69) is 10.0 Å². The van der Waals surface area contributed by atoms with Gasteiger partial charge in [0.05, 0.1) is 35.4 Å². The topological polar surface area (TPSA) is 93.7 Å². The molecule has 0 aromatic heterocycles. The molecule has 0 saturated heterocycles. The van der Waals surface area contributed by atoms with Gasteiger partial charge in [0, 0.05) is 5.69 Å². The molecule has 0 fully saturated rings. The summed E-state index contributed by atoms with van der Waals surface area (Å²) in [5.74, 6) is 0.790. The third kappa shape index (κ3) is 5.03. The first-order valence-corrected chi connectivity index (χ1v) is 10.6. The highest BCUT2D eigenvalue weighted by Gasteiger charge is 2.17. The molecule has 0 unspecified atom stereocenters. The van der Waals surface area contributed by atoms with Crippen molar-refractivity contribution in [3.05, 3.63) is 77.3 Å². The maximum Gasteiger partial charge on any atom is 0.261 e. The maximum absolute atomic E-state index is 12.5. The van der Waals surface area contributed by atoms with Crippen LogP contribution in [0.3, 0.4) is 0 Å². The Hall–Kier alpha value is -3.23. The second-order valence-electron chi connectivity index (χ2n) is 6.16. The molecule has 3 aromatic rings. The Balaban J connectivity index is 1.74. The molecule has 0 heterocycles. The molecule has 9 heteroatoms. The lowest BCUT2D eigenvalue weighted by Crippen LogP contribution is -2.15. The van der Waals surface area contributed by atoms with Gasteiger partial charge in [-0.2, -0.15) is 0 Å². The van der Waals surface area contributed by atoms with Crippen molar-refractivity contribution in [2.75, 3.05) is 24.3 Å². The Bertz CT molecular complexity index is 1150. The predicted octanol–water partition coefficient (Wildman–Crippen LogP) is 4.41. The number of methoxy groups -OCH3 is 2. The van der Waals surface area contributed by atoms with Gasteiger partial charge in [-0.3, -0.25) is 9.52 Å². The van der Waals surface area contributed by atoms with Gasteiger partial charge in [-0.05, 0) is 66.7 Å². The molecule has 0 bridgehead atoms. The third-order valence-electron chi connectivity index (χ3n) is 4.18. The lowest BCUT2D eigenvalue weighted by Gasteiger charge is -2.11. The first-order chi connectivity index (χ1) is 14.3. The quantitative estimate of drug-likeness (QED) is 0.560. The molecule has 0 radical (unpaired) electrons. The number of halogens is 1. The van der Waals surface area contributed by atoms with Crippen LogP contribution in [-0.4, -0.2) is 28.5 Å². The molecule has 7 nitrogen and oxygen atoms in total. The predicted molar refractivity (Wildman–Crippen MR) is 116 cm³/mol. The summed E-state index contributed by atoms with van der Waals surface area (Å²) in [7, 11) is -0.770. The van der Waals surface area contributed by atoms with Crippen molar-refractivity contribution in [1.82, 2.24) is 0 Å². The average Bonchev–Trinajstić information content (AvgIpc) is 2.74. The fourth-order valence-corrected chi connectivity index (χ4v) is 3.92. The number of carbonyl (C=O) groups is 1. The lowest BCUT2D eigenvalue weighted by molar-refractivity contribution is 0.102. The van der Waals surface area contributed by atoms with E-state index in [1.165, 1.54) is 37.4 Å². The summed E-state index contributed by atoms with van der Waals surface area (Å²) in [4.78, 5) is 12.6. The maximum atomic E-state index is 12.5. The lowest BCUT2D eigenvalue weighted by atomic mass is 10.2. The number of sulfonamides is 1. The number of hydrogen-bond donors (Lipinski definition) is 2. The van der Waals surface area contributed by atoms with E-state index >= 15 is 0 Å². The molecule has 3 rings (SSSR count). The highest BCUT2D eigenvalue weighted by molar-refractivity contribution is 7.92. The van der Waals surface area contributed by atoms with Gasteiger partial charge in [0.25, 0.3) is 15.9 Å². The second kappa shape index (κ2) is 9.06. The number of anilines is 2. The van der Waals surface area contributed by atoms with Gasteiger partial charge >= 0.3 is 0 Å². The summed E-state index contributed by atoms with van der Waals surface area (Å²) < 4.78 is 37.6. The van der Waals surface area contributed by atoms with E-state index in [0.717, 1.165) is 0 Å². The minimum atomic E-state index is -3.82. The Morgan fingerprint density at radius 2 is 1.37 bits per heavy atom. The van der Waals surface area contributed by atoms with Crippen molar-refractivity contribution in [2.24, 2.45) is 0 Å². The van der Waals surface area contributed by atoms with E-state index in [9.17, 15) is 13.2 Å². The number of benzene rings is 3. The van der Waals surface area contributed by atoms with Gasteiger partial charge in [0.15, 0.2) is 0 Å². The highest BCUT2D eigenvalue weighted by atomic mass is 35.5. The standard InChI is InChI=1S/C21H19ClN2O5S/c1-28-16-6-3-14(4-7-16)23-21(25)19-12-5-15(13-20(19)22)24-30(26,27)18-10-8-17(29-2)9-11-18/h3-13,24H,1-2H3,(H,23,25). The van der Waals surface area contributed by atoms with Gasteiger partial charge < -0.3 is 14.8 Å². The zero-order valence-corrected chi connectivity index (χ0v) is 17.8. The SMILES string of the molecule is COc1ccc(NC(=O)c2ccc(NS(=O)(=O)c3ccc(OC)cc3)cc2Cl)cc1. The Labute approximate surface area is 179 Å². The minimum Gasteiger partial charge on any atom is -0.497 e. The molecule has 0 aliphatic carbocycles. The molecule has 3 aromatic carbocycles. The van der Waals surface area contributed by atoms with Crippen molar-refractivity contribution in [2.45, 2.75) is 4.90 Å². The summed E-state index contributed by atoms with van der Waals surface area (Å²) in [6, 6.07) is 17.1. The molecule has 156 valence electrons. The van der Waals surface area contributed by atoms with Crippen LogP contribution < -0.4 is 19.5 Å². The largest absolute Gasteiger partial charge is 0.497 e. The Kier molecular flexibility index (Phi) is 6.49. The normalized spacial score (nSPS) is 10.9. The second-order valence-corrected chi connectivity index (χ2v) is 8.25. The Morgan fingerprint density at radius 1 is 0.833 bits per heavy atom. The van der Waals surface area contributed by atoms with Crippen molar-refractivity contribution < 1.29 is 22.7 Å². The van der Waals surface area contributed by atoms with Crippen molar-refractivity contribution in [1.29, 1.82) is 0 Å². The summed E-state index contributed by atoms with van der Waals surface area (Å²) in [5.41, 5.74) is 1.01. The summed E-state index contributed by atoms with van der Waals surface area (Å²) in [5, 5.41) is 2.83. The fourth-order valence-electron chi connectivity index (χ4n) is 2.60. The minimum absolute atomic E-state index is 0.0701. The van der Waals surface area contributed by atoms with Crippen LogP contribution in [0.25, 0.3) is 0 Å². The number of rotatable bonds is 7. The first kappa shape index (κ1) is 21.5. The Morgan fingerprint density at radius 3 is 1.90 bits per heavy atom. The van der Waals surface area contributed by atoms with Gasteiger partial charge in [-0.1, -0.05) is 11.6 Å². The fraction of sp³-hybridized carbons (Fsp3) is 0.0952.